The van der Waals surface area contributed by atoms with E-state index in [1.54, 1.807) is 12.3 Å². The molecule has 0 saturated carbocycles. The van der Waals surface area contributed by atoms with E-state index in [1.165, 1.54) is 23.5 Å². The lowest BCUT2D eigenvalue weighted by Gasteiger charge is -2.29. The van der Waals surface area contributed by atoms with Crippen LogP contribution in [-0.2, 0) is 5.79 Å². The van der Waals surface area contributed by atoms with E-state index in [4.69, 9.17) is 5.73 Å². The number of hydrogen-bond acceptors (Lipinski definition) is 6. The molecular weight excluding hydrogens is 297 g/mol. The molecule has 2 aliphatic rings. The average molecular weight is 312 g/mol. The summed E-state index contributed by atoms with van der Waals surface area (Å²) in [6.45, 7) is 0.288. The van der Waals surface area contributed by atoms with Gasteiger partial charge in [0.05, 0.1) is 5.56 Å². The van der Waals surface area contributed by atoms with Gasteiger partial charge in [0.25, 0.3) is 0 Å². The van der Waals surface area contributed by atoms with Gasteiger partial charge in [-0.2, -0.15) is 13.2 Å². The SMILES string of the molecule is N[C@]1(c2cnc(N3CCCC3C(F)(F)F)nc2)N=CC=CN1. The lowest BCUT2D eigenvalue weighted by molar-refractivity contribution is -0.146. The molecule has 9 heteroatoms. The summed E-state index contributed by atoms with van der Waals surface area (Å²) < 4.78 is 38.9. The zero-order valence-electron chi connectivity index (χ0n) is 11.6. The highest BCUT2D eigenvalue weighted by Gasteiger charge is 2.46. The van der Waals surface area contributed by atoms with Gasteiger partial charge in [-0.15, -0.1) is 0 Å². The van der Waals surface area contributed by atoms with Crippen molar-refractivity contribution >= 4 is 12.2 Å². The summed E-state index contributed by atoms with van der Waals surface area (Å²) in [6, 6.07) is -1.53. The largest absolute Gasteiger partial charge is 0.408 e. The van der Waals surface area contributed by atoms with E-state index in [1.807, 2.05) is 0 Å². The fourth-order valence-electron chi connectivity index (χ4n) is 2.59. The summed E-state index contributed by atoms with van der Waals surface area (Å²) in [5, 5.41) is 2.86. The Bertz CT molecular complexity index is 597. The van der Waals surface area contributed by atoms with Crippen LogP contribution in [0.3, 0.4) is 0 Å². The van der Waals surface area contributed by atoms with E-state index in [0.29, 0.717) is 12.0 Å². The number of aliphatic imine (C=N–C) groups is 1. The van der Waals surface area contributed by atoms with Crippen molar-refractivity contribution in [2.24, 2.45) is 10.7 Å². The summed E-state index contributed by atoms with van der Waals surface area (Å²) in [5.41, 5.74) is 6.52. The standard InChI is InChI=1S/C13H15F3N6/c14-12(15,16)10-3-1-6-22(10)11-18-7-9(8-19-11)13(17)20-4-2-5-21-13/h2,4-5,7-8,10,20H,1,3,6,17H2/t10?,13-/m0/s1. The van der Waals surface area contributed by atoms with Gasteiger partial charge in [0.15, 0.2) is 0 Å². The molecule has 3 rings (SSSR count). The normalized spacial score (nSPS) is 28.0. The Kier molecular flexibility index (Phi) is 3.51. The van der Waals surface area contributed by atoms with Crippen molar-refractivity contribution in [2.45, 2.75) is 30.8 Å². The second-order valence-electron chi connectivity index (χ2n) is 5.21. The Morgan fingerprint density at radius 3 is 2.64 bits per heavy atom. The molecule has 3 heterocycles. The number of nitrogens with two attached hydrogens (primary N) is 1. The molecule has 1 fully saturated rings. The fraction of sp³-hybridized carbons (Fsp3) is 0.462. The van der Waals surface area contributed by atoms with Crippen molar-refractivity contribution in [2.75, 3.05) is 11.4 Å². The molecule has 2 aliphatic heterocycles. The van der Waals surface area contributed by atoms with Crippen LogP contribution in [0.4, 0.5) is 19.1 Å². The Balaban J connectivity index is 1.83. The second-order valence-corrected chi connectivity index (χ2v) is 5.21. The van der Waals surface area contributed by atoms with Crippen molar-refractivity contribution in [3.63, 3.8) is 0 Å². The molecule has 0 bridgehead atoms. The number of alkyl halides is 3. The number of halogens is 3. The highest BCUT2D eigenvalue weighted by Crippen LogP contribution is 2.34. The molecule has 1 unspecified atom stereocenters. The third kappa shape index (κ3) is 2.63. The van der Waals surface area contributed by atoms with E-state index >= 15 is 0 Å². The third-order valence-corrected chi connectivity index (χ3v) is 3.73. The van der Waals surface area contributed by atoms with Crippen LogP contribution >= 0.6 is 0 Å². The molecule has 0 aliphatic carbocycles. The van der Waals surface area contributed by atoms with Gasteiger partial charge in [-0.3, -0.25) is 5.73 Å². The van der Waals surface area contributed by atoms with Crippen LogP contribution < -0.4 is 16.0 Å². The maximum absolute atomic E-state index is 13.0. The molecule has 0 amide bonds. The third-order valence-electron chi connectivity index (χ3n) is 3.73. The van der Waals surface area contributed by atoms with Gasteiger partial charge in [0.1, 0.15) is 6.04 Å². The minimum atomic E-state index is -4.28. The molecule has 2 atom stereocenters. The highest BCUT2D eigenvalue weighted by atomic mass is 19.4. The van der Waals surface area contributed by atoms with Gasteiger partial charge < -0.3 is 10.2 Å². The summed E-state index contributed by atoms with van der Waals surface area (Å²) in [4.78, 5) is 13.4. The molecule has 118 valence electrons. The van der Waals surface area contributed by atoms with Crippen LogP contribution in [0.15, 0.2) is 29.7 Å². The van der Waals surface area contributed by atoms with Crippen molar-refractivity contribution in [1.29, 1.82) is 0 Å². The molecule has 22 heavy (non-hydrogen) atoms. The molecule has 0 aromatic carbocycles. The van der Waals surface area contributed by atoms with Crippen molar-refractivity contribution in [3.05, 3.63) is 30.2 Å². The van der Waals surface area contributed by atoms with Crippen molar-refractivity contribution < 1.29 is 13.2 Å². The summed E-state index contributed by atoms with van der Waals surface area (Å²) in [6.07, 6.45) is 3.88. The van der Waals surface area contributed by atoms with E-state index in [0.717, 1.165) is 0 Å². The predicted octanol–water partition coefficient (Wildman–Crippen LogP) is 1.26. The van der Waals surface area contributed by atoms with Crippen LogP contribution in [-0.4, -0.2) is 34.9 Å². The molecule has 1 aromatic rings. The van der Waals surface area contributed by atoms with E-state index in [9.17, 15) is 13.2 Å². The molecule has 3 N–H and O–H groups in total. The number of nitrogens with zero attached hydrogens (tertiary/aromatic N) is 4. The van der Waals surface area contributed by atoms with Gasteiger partial charge in [-0.25, -0.2) is 15.0 Å². The smallest absolute Gasteiger partial charge is 0.351 e. The zero-order valence-corrected chi connectivity index (χ0v) is 11.6. The minimum Gasteiger partial charge on any atom is -0.351 e. The summed E-state index contributed by atoms with van der Waals surface area (Å²) in [7, 11) is 0. The topological polar surface area (TPSA) is 79.4 Å². The summed E-state index contributed by atoms with van der Waals surface area (Å²) >= 11 is 0. The lowest BCUT2D eigenvalue weighted by atomic mass is 10.2. The summed E-state index contributed by atoms with van der Waals surface area (Å²) in [5.74, 6) is -1.13. The predicted molar refractivity (Wildman–Crippen MR) is 75.1 cm³/mol. The van der Waals surface area contributed by atoms with Gasteiger partial charge in [0.2, 0.25) is 11.7 Å². The van der Waals surface area contributed by atoms with Gasteiger partial charge in [-0.1, -0.05) is 0 Å². The van der Waals surface area contributed by atoms with Crippen LogP contribution in [0, 0.1) is 0 Å². The van der Waals surface area contributed by atoms with Crippen molar-refractivity contribution in [3.8, 4) is 0 Å². The number of aromatic nitrogens is 2. The molecule has 0 radical (unpaired) electrons. The molecule has 0 spiro atoms. The number of hydrogen-bond donors (Lipinski definition) is 2. The first-order valence-corrected chi connectivity index (χ1v) is 6.83. The number of nitrogens with one attached hydrogen (secondary N) is 1. The van der Waals surface area contributed by atoms with Gasteiger partial charge >= 0.3 is 6.18 Å². The first-order chi connectivity index (χ1) is 10.4. The van der Waals surface area contributed by atoms with Crippen molar-refractivity contribution in [1.82, 2.24) is 15.3 Å². The molecule has 1 saturated heterocycles. The minimum absolute atomic E-state index is 0.0579. The van der Waals surface area contributed by atoms with Crippen LogP contribution in [0.5, 0.6) is 0 Å². The van der Waals surface area contributed by atoms with Gasteiger partial charge in [-0.05, 0) is 18.9 Å². The molecule has 1 aromatic heterocycles. The molecular formula is C13H15F3N6. The highest BCUT2D eigenvalue weighted by molar-refractivity contribution is 5.72. The monoisotopic (exact) mass is 312 g/mol. The Hall–Kier alpha value is -2.16. The first kappa shape index (κ1) is 14.8. The number of rotatable bonds is 2. The maximum atomic E-state index is 13.0. The Morgan fingerprint density at radius 2 is 2.05 bits per heavy atom. The molecule has 6 nitrogen and oxygen atoms in total. The zero-order chi connectivity index (χ0) is 15.8. The first-order valence-electron chi connectivity index (χ1n) is 6.83. The number of allylic oxidation sites excluding steroid dienone is 1. The van der Waals surface area contributed by atoms with E-state index < -0.39 is 18.0 Å². The Morgan fingerprint density at radius 1 is 1.32 bits per heavy atom. The maximum Gasteiger partial charge on any atom is 0.408 e. The lowest BCUT2D eigenvalue weighted by Crippen LogP contribution is -2.48. The van der Waals surface area contributed by atoms with Gasteiger partial charge in [0, 0.05) is 31.4 Å². The number of anilines is 1. The Labute approximate surface area is 124 Å². The van der Waals surface area contributed by atoms with Crippen LogP contribution in [0.2, 0.25) is 0 Å². The average Bonchev–Trinajstić information content (AvgIpc) is 2.98. The van der Waals surface area contributed by atoms with E-state index in [2.05, 4.69) is 20.3 Å². The second kappa shape index (κ2) is 5.24. The van der Waals surface area contributed by atoms with Crippen LogP contribution in [0.1, 0.15) is 18.4 Å². The van der Waals surface area contributed by atoms with Crippen LogP contribution in [0.25, 0.3) is 0 Å². The quantitative estimate of drug-likeness (QED) is 0.859. The van der Waals surface area contributed by atoms with E-state index in [-0.39, 0.29) is 18.9 Å². The fourth-order valence-corrected chi connectivity index (χ4v) is 2.59.